The fraction of sp³-hybridized carbons (Fsp3) is 0.350. The minimum Gasteiger partial charge on any atom is -0.384 e. The molecule has 1 saturated heterocycles. The van der Waals surface area contributed by atoms with E-state index in [1.165, 1.54) is 17.2 Å². The molecular formula is C20H23N5O2S. The van der Waals surface area contributed by atoms with E-state index in [1.54, 1.807) is 18.4 Å². The average molecular weight is 398 g/mol. The number of likely N-dealkylation sites (tertiary alicyclic amines) is 1. The highest BCUT2D eigenvalue weighted by Crippen LogP contribution is 2.33. The first-order valence-corrected chi connectivity index (χ1v) is 10.1. The topological polar surface area (TPSA) is 86.2 Å². The number of rotatable bonds is 4. The summed E-state index contributed by atoms with van der Waals surface area (Å²) in [5, 5.41) is 2.88. The third kappa shape index (κ3) is 3.29. The van der Waals surface area contributed by atoms with Crippen molar-refractivity contribution in [1.29, 1.82) is 0 Å². The maximum absolute atomic E-state index is 12.6. The van der Waals surface area contributed by atoms with Crippen molar-refractivity contribution in [3.63, 3.8) is 0 Å². The fourth-order valence-electron chi connectivity index (χ4n) is 3.71. The van der Waals surface area contributed by atoms with E-state index in [9.17, 15) is 9.59 Å². The number of anilines is 1. The van der Waals surface area contributed by atoms with Gasteiger partial charge in [-0.1, -0.05) is 30.3 Å². The van der Waals surface area contributed by atoms with Gasteiger partial charge in [0.1, 0.15) is 11.4 Å². The van der Waals surface area contributed by atoms with Gasteiger partial charge in [0.25, 0.3) is 5.56 Å². The molecule has 0 amide bonds. The summed E-state index contributed by atoms with van der Waals surface area (Å²) in [5.41, 5.74) is 7.38. The van der Waals surface area contributed by atoms with Gasteiger partial charge in [-0.15, -0.1) is 11.3 Å². The molecule has 1 unspecified atom stereocenters. The largest absolute Gasteiger partial charge is 0.384 e. The lowest BCUT2D eigenvalue weighted by Crippen LogP contribution is -2.39. The SMILES string of the molecule is Cn1c(N)c(-c2csc(C3CCN(Cc4ccccc4)C3)n2)c(=O)n(C)c1=O. The number of aromatic nitrogens is 3. The maximum atomic E-state index is 12.6. The van der Waals surface area contributed by atoms with Crippen molar-refractivity contribution in [1.82, 2.24) is 19.0 Å². The van der Waals surface area contributed by atoms with Crippen molar-refractivity contribution in [2.45, 2.75) is 18.9 Å². The summed E-state index contributed by atoms with van der Waals surface area (Å²) >= 11 is 1.55. The Kier molecular flexibility index (Phi) is 4.91. The van der Waals surface area contributed by atoms with Crippen LogP contribution in [0.25, 0.3) is 11.3 Å². The van der Waals surface area contributed by atoms with Gasteiger partial charge in [-0.05, 0) is 18.5 Å². The molecule has 1 aromatic carbocycles. The van der Waals surface area contributed by atoms with Gasteiger partial charge in [-0.25, -0.2) is 9.78 Å². The highest BCUT2D eigenvalue weighted by molar-refractivity contribution is 7.10. The summed E-state index contributed by atoms with van der Waals surface area (Å²) in [6, 6.07) is 10.4. The second kappa shape index (κ2) is 7.37. The van der Waals surface area contributed by atoms with Crippen LogP contribution in [0.3, 0.4) is 0 Å². The number of nitrogens with two attached hydrogens (primary N) is 1. The number of hydrogen-bond acceptors (Lipinski definition) is 6. The van der Waals surface area contributed by atoms with Gasteiger partial charge in [0, 0.05) is 38.5 Å². The summed E-state index contributed by atoms with van der Waals surface area (Å²) < 4.78 is 2.36. The van der Waals surface area contributed by atoms with Crippen LogP contribution in [0, 0.1) is 0 Å². The number of hydrogen-bond donors (Lipinski definition) is 1. The zero-order valence-electron chi connectivity index (χ0n) is 16.0. The summed E-state index contributed by atoms with van der Waals surface area (Å²) in [6.45, 7) is 2.91. The highest BCUT2D eigenvalue weighted by Gasteiger charge is 2.27. The Morgan fingerprint density at radius 1 is 1.18 bits per heavy atom. The first kappa shape index (κ1) is 18.6. The minimum absolute atomic E-state index is 0.155. The van der Waals surface area contributed by atoms with Gasteiger partial charge < -0.3 is 5.73 Å². The molecule has 0 spiro atoms. The van der Waals surface area contributed by atoms with Crippen LogP contribution in [-0.2, 0) is 20.6 Å². The van der Waals surface area contributed by atoms with E-state index in [4.69, 9.17) is 10.7 Å². The van der Waals surface area contributed by atoms with Crippen molar-refractivity contribution in [2.24, 2.45) is 14.1 Å². The molecule has 146 valence electrons. The molecule has 0 radical (unpaired) electrons. The molecule has 2 N–H and O–H groups in total. The molecule has 0 bridgehead atoms. The minimum atomic E-state index is -0.436. The van der Waals surface area contributed by atoms with Crippen LogP contribution >= 0.6 is 11.3 Å². The van der Waals surface area contributed by atoms with Crippen LogP contribution in [-0.4, -0.2) is 32.1 Å². The van der Waals surface area contributed by atoms with Crippen LogP contribution in [0.15, 0.2) is 45.3 Å². The van der Waals surface area contributed by atoms with Gasteiger partial charge in [0.2, 0.25) is 0 Å². The number of nitrogen functional groups attached to an aromatic ring is 1. The quantitative estimate of drug-likeness (QED) is 0.725. The van der Waals surface area contributed by atoms with Crippen molar-refractivity contribution >= 4 is 17.2 Å². The smallest absolute Gasteiger partial charge is 0.332 e. The van der Waals surface area contributed by atoms with Crippen molar-refractivity contribution in [3.05, 3.63) is 67.1 Å². The van der Waals surface area contributed by atoms with Crippen molar-refractivity contribution in [2.75, 3.05) is 18.8 Å². The van der Waals surface area contributed by atoms with Crippen LogP contribution in [0.1, 0.15) is 22.9 Å². The van der Waals surface area contributed by atoms with E-state index in [1.807, 2.05) is 11.4 Å². The molecule has 1 atom stereocenters. The van der Waals surface area contributed by atoms with Gasteiger partial charge in [-0.2, -0.15) is 0 Å². The van der Waals surface area contributed by atoms with E-state index >= 15 is 0 Å². The van der Waals surface area contributed by atoms with Crippen LogP contribution in [0.4, 0.5) is 5.82 Å². The zero-order chi connectivity index (χ0) is 19.8. The van der Waals surface area contributed by atoms with Crippen LogP contribution < -0.4 is 17.0 Å². The van der Waals surface area contributed by atoms with E-state index in [0.717, 1.165) is 35.6 Å². The predicted octanol–water partition coefficient (Wildman–Crippen LogP) is 1.78. The predicted molar refractivity (Wildman–Crippen MR) is 112 cm³/mol. The molecule has 0 saturated carbocycles. The molecule has 7 nitrogen and oxygen atoms in total. The number of thiazole rings is 1. The summed E-state index contributed by atoms with van der Waals surface area (Å²) in [7, 11) is 3.02. The third-order valence-electron chi connectivity index (χ3n) is 5.36. The molecule has 0 aliphatic carbocycles. The Morgan fingerprint density at radius 2 is 1.93 bits per heavy atom. The molecular weight excluding hydrogens is 374 g/mol. The van der Waals surface area contributed by atoms with Crippen molar-refractivity contribution < 1.29 is 0 Å². The molecule has 1 aliphatic heterocycles. The average Bonchev–Trinajstić information content (AvgIpc) is 3.36. The van der Waals surface area contributed by atoms with Crippen LogP contribution in [0.5, 0.6) is 0 Å². The Balaban J connectivity index is 1.56. The van der Waals surface area contributed by atoms with E-state index < -0.39 is 11.2 Å². The van der Waals surface area contributed by atoms with Crippen molar-refractivity contribution in [3.8, 4) is 11.3 Å². The highest BCUT2D eigenvalue weighted by atomic mass is 32.1. The zero-order valence-corrected chi connectivity index (χ0v) is 16.8. The van der Waals surface area contributed by atoms with Gasteiger partial charge >= 0.3 is 5.69 Å². The van der Waals surface area contributed by atoms with Gasteiger partial charge in [-0.3, -0.25) is 18.8 Å². The van der Waals surface area contributed by atoms with E-state index in [2.05, 4.69) is 29.2 Å². The second-order valence-corrected chi connectivity index (χ2v) is 8.13. The monoisotopic (exact) mass is 397 g/mol. The number of nitrogens with zero attached hydrogens (tertiary/aromatic N) is 4. The van der Waals surface area contributed by atoms with E-state index in [-0.39, 0.29) is 5.82 Å². The summed E-state index contributed by atoms with van der Waals surface area (Å²) in [5.74, 6) is 0.502. The summed E-state index contributed by atoms with van der Waals surface area (Å²) in [4.78, 5) is 31.7. The Labute approximate surface area is 166 Å². The first-order chi connectivity index (χ1) is 13.5. The molecule has 1 aliphatic rings. The molecule has 3 heterocycles. The summed E-state index contributed by atoms with van der Waals surface area (Å²) in [6.07, 6.45) is 1.04. The third-order valence-corrected chi connectivity index (χ3v) is 6.37. The van der Waals surface area contributed by atoms with E-state index in [0.29, 0.717) is 17.2 Å². The first-order valence-electron chi connectivity index (χ1n) is 9.23. The lowest BCUT2D eigenvalue weighted by Gasteiger charge is -2.15. The van der Waals surface area contributed by atoms with Gasteiger partial charge in [0.05, 0.1) is 10.7 Å². The Bertz CT molecular complexity index is 1120. The molecule has 3 aromatic rings. The number of benzene rings is 1. The lowest BCUT2D eigenvalue weighted by molar-refractivity contribution is 0.327. The fourth-order valence-corrected chi connectivity index (χ4v) is 4.65. The standard InChI is InChI=1S/C20H23N5O2S/c1-23-17(21)16(19(26)24(2)20(23)27)15-12-28-18(22-15)14-8-9-25(11-14)10-13-6-4-3-5-7-13/h3-7,12,14H,8-11,21H2,1-2H3. The lowest BCUT2D eigenvalue weighted by atomic mass is 10.1. The normalized spacial score (nSPS) is 17.3. The molecule has 28 heavy (non-hydrogen) atoms. The Hall–Kier alpha value is -2.71. The molecule has 4 rings (SSSR count). The van der Waals surface area contributed by atoms with Crippen LogP contribution in [0.2, 0.25) is 0 Å². The van der Waals surface area contributed by atoms with Gasteiger partial charge in [0.15, 0.2) is 0 Å². The maximum Gasteiger partial charge on any atom is 0.332 e. The molecule has 2 aromatic heterocycles. The molecule has 1 fully saturated rings. The second-order valence-electron chi connectivity index (χ2n) is 7.24. The Morgan fingerprint density at radius 3 is 2.68 bits per heavy atom. The molecule has 8 heteroatoms.